The molecule has 0 aliphatic rings. The zero-order valence-corrected chi connectivity index (χ0v) is 13.9. The van der Waals surface area contributed by atoms with Gasteiger partial charge in [-0.15, -0.1) is 0 Å². The highest BCUT2D eigenvalue weighted by molar-refractivity contribution is 9.10. The number of aryl methyl sites for hydroxylation is 1. The van der Waals surface area contributed by atoms with Gasteiger partial charge in [-0.05, 0) is 55.0 Å². The summed E-state index contributed by atoms with van der Waals surface area (Å²) >= 11 is 9.22. The first-order valence-corrected chi connectivity index (χ1v) is 7.66. The summed E-state index contributed by atoms with van der Waals surface area (Å²) in [6.07, 6.45) is 0. The molecule has 2 rings (SSSR count). The highest BCUT2D eigenvalue weighted by Crippen LogP contribution is 2.21. The maximum atomic E-state index is 11.9. The molecule has 0 saturated carbocycles. The van der Waals surface area contributed by atoms with Gasteiger partial charge in [-0.3, -0.25) is 4.79 Å². The molecule has 1 N–H and O–H groups in total. The summed E-state index contributed by atoms with van der Waals surface area (Å²) < 4.78 is 6.56. The molecule has 0 unspecified atom stereocenters. The lowest BCUT2D eigenvalue weighted by Gasteiger charge is -2.10. The molecule has 0 saturated heterocycles. The van der Waals surface area contributed by atoms with Gasteiger partial charge in [0.2, 0.25) is 0 Å². The van der Waals surface area contributed by atoms with Gasteiger partial charge >= 0.3 is 0 Å². The van der Waals surface area contributed by atoms with Crippen molar-refractivity contribution < 1.29 is 9.53 Å². The smallest absolute Gasteiger partial charge is 0.251 e. The number of amides is 1. The Morgan fingerprint density at radius 1 is 1.24 bits per heavy atom. The van der Waals surface area contributed by atoms with Crippen LogP contribution in [0.15, 0.2) is 46.9 Å². The summed E-state index contributed by atoms with van der Waals surface area (Å²) in [6, 6.07) is 12.7. The van der Waals surface area contributed by atoms with Crippen LogP contribution >= 0.6 is 27.5 Å². The average molecular weight is 369 g/mol. The van der Waals surface area contributed by atoms with Gasteiger partial charge in [0.1, 0.15) is 12.4 Å². The van der Waals surface area contributed by atoms with Crippen LogP contribution in [0, 0.1) is 6.92 Å². The van der Waals surface area contributed by atoms with Gasteiger partial charge in [0.15, 0.2) is 0 Å². The lowest BCUT2D eigenvalue weighted by atomic mass is 10.2. The molecule has 5 heteroatoms. The second-order valence-corrected chi connectivity index (χ2v) is 5.87. The van der Waals surface area contributed by atoms with Gasteiger partial charge in [-0.2, -0.15) is 0 Å². The highest BCUT2D eigenvalue weighted by atomic mass is 79.9. The maximum absolute atomic E-state index is 11.9. The number of hydrogen-bond acceptors (Lipinski definition) is 2. The van der Waals surface area contributed by atoms with Crippen LogP contribution in [0.3, 0.4) is 0 Å². The Kier molecular flexibility index (Phi) is 5.65. The van der Waals surface area contributed by atoms with E-state index in [2.05, 4.69) is 21.2 Å². The molecule has 0 radical (unpaired) electrons. The van der Waals surface area contributed by atoms with E-state index in [9.17, 15) is 4.79 Å². The van der Waals surface area contributed by atoms with E-state index in [-0.39, 0.29) is 5.91 Å². The molecule has 0 aliphatic carbocycles. The van der Waals surface area contributed by atoms with E-state index in [1.165, 1.54) is 0 Å². The van der Waals surface area contributed by atoms with Crippen LogP contribution < -0.4 is 10.1 Å². The van der Waals surface area contributed by atoms with Crippen LogP contribution in [0.2, 0.25) is 5.02 Å². The summed E-state index contributed by atoms with van der Waals surface area (Å²) in [5.74, 6) is 0.663. The van der Waals surface area contributed by atoms with Crippen LogP contribution in [-0.4, -0.2) is 19.1 Å². The van der Waals surface area contributed by atoms with Gasteiger partial charge in [-0.1, -0.05) is 27.5 Å². The van der Waals surface area contributed by atoms with Gasteiger partial charge in [0.25, 0.3) is 5.91 Å². The number of hydrogen-bond donors (Lipinski definition) is 1. The first-order valence-electron chi connectivity index (χ1n) is 6.49. The summed E-state index contributed by atoms with van der Waals surface area (Å²) in [5.41, 5.74) is 1.60. The van der Waals surface area contributed by atoms with Crippen molar-refractivity contribution in [2.24, 2.45) is 0 Å². The minimum absolute atomic E-state index is 0.112. The van der Waals surface area contributed by atoms with Crippen LogP contribution in [0.4, 0.5) is 0 Å². The molecular weight excluding hydrogens is 354 g/mol. The summed E-state index contributed by atoms with van der Waals surface area (Å²) in [4.78, 5) is 11.9. The minimum Gasteiger partial charge on any atom is -0.491 e. The van der Waals surface area contributed by atoms with E-state index in [1.807, 2.05) is 31.2 Å². The molecule has 2 aromatic carbocycles. The summed E-state index contributed by atoms with van der Waals surface area (Å²) in [7, 11) is 0. The molecule has 0 heterocycles. The van der Waals surface area contributed by atoms with Crippen molar-refractivity contribution >= 4 is 33.4 Å². The van der Waals surface area contributed by atoms with Crippen LogP contribution in [0.25, 0.3) is 0 Å². The van der Waals surface area contributed by atoms with Crippen LogP contribution in [0.5, 0.6) is 5.75 Å². The first-order chi connectivity index (χ1) is 10.1. The zero-order valence-electron chi connectivity index (χ0n) is 11.5. The maximum Gasteiger partial charge on any atom is 0.251 e. The highest BCUT2D eigenvalue weighted by Gasteiger charge is 2.05. The van der Waals surface area contributed by atoms with E-state index in [1.54, 1.807) is 18.2 Å². The fourth-order valence-corrected chi connectivity index (χ4v) is 2.29. The number of halogens is 2. The van der Waals surface area contributed by atoms with Gasteiger partial charge < -0.3 is 10.1 Å². The lowest BCUT2D eigenvalue weighted by Crippen LogP contribution is -2.28. The average Bonchev–Trinajstić information content (AvgIpc) is 2.46. The van der Waals surface area contributed by atoms with E-state index in [0.29, 0.717) is 23.7 Å². The zero-order chi connectivity index (χ0) is 15.2. The molecule has 21 heavy (non-hydrogen) atoms. The molecule has 3 nitrogen and oxygen atoms in total. The number of carbonyl (C=O) groups is 1. The molecule has 0 atom stereocenters. The third kappa shape index (κ3) is 4.76. The van der Waals surface area contributed by atoms with Gasteiger partial charge in [0, 0.05) is 15.1 Å². The molecule has 0 fully saturated rings. The SMILES string of the molecule is Cc1cc(Cl)ccc1OCCNC(=O)c1ccc(Br)cc1. The topological polar surface area (TPSA) is 38.3 Å². The lowest BCUT2D eigenvalue weighted by molar-refractivity contribution is 0.0947. The molecule has 1 amide bonds. The largest absolute Gasteiger partial charge is 0.491 e. The molecule has 0 spiro atoms. The standard InChI is InChI=1S/C16H15BrClNO2/c1-11-10-14(18)6-7-15(11)21-9-8-19-16(20)12-2-4-13(17)5-3-12/h2-7,10H,8-9H2,1H3,(H,19,20). The molecule has 0 bridgehead atoms. The quantitative estimate of drug-likeness (QED) is 0.803. The van der Waals surface area contributed by atoms with E-state index in [4.69, 9.17) is 16.3 Å². The number of ether oxygens (including phenoxy) is 1. The number of rotatable bonds is 5. The fourth-order valence-electron chi connectivity index (χ4n) is 1.80. The van der Waals surface area contributed by atoms with Crippen molar-refractivity contribution in [3.05, 3.63) is 63.1 Å². The van der Waals surface area contributed by atoms with Crippen LogP contribution in [-0.2, 0) is 0 Å². The van der Waals surface area contributed by atoms with E-state index < -0.39 is 0 Å². The predicted molar refractivity (Wildman–Crippen MR) is 88.2 cm³/mol. The Morgan fingerprint density at radius 2 is 1.95 bits per heavy atom. The molecule has 2 aromatic rings. The van der Waals surface area contributed by atoms with Gasteiger partial charge in [-0.25, -0.2) is 0 Å². The van der Waals surface area contributed by atoms with E-state index >= 15 is 0 Å². The van der Waals surface area contributed by atoms with Crippen LogP contribution in [0.1, 0.15) is 15.9 Å². The molecular formula is C16H15BrClNO2. The number of benzene rings is 2. The molecule has 0 aliphatic heterocycles. The van der Waals surface area contributed by atoms with Gasteiger partial charge in [0.05, 0.1) is 6.54 Å². The third-order valence-corrected chi connectivity index (χ3v) is 3.65. The van der Waals surface area contributed by atoms with Crippen molar-refractivity contribution in [2.45, 2.75) is 6.92 Å². The van der Waals surface area contributed by atoms with Crippen molar-refractivity contribution in [2.75, 3.05) is 13.2 Å². The Labute approximate surface area is 137 Å². The Morgan fingerprint density at radius 3 is 2.62 bits per heavy atom. The summed E-state index contributed by atoms with van der Waals surface area (Å²) in [6.45, 7) is 2.78. The minimum atomic E-state index is -0.112. The Balaban J connectivity index is 1.79. The molecule has 0 aromatic heterocycles. The number of carbonyl (C=O) groups excluding carboxylic acids is 1. The predicted octanol–water partition coefficient (Wildman–Crippen LogP) is 4.22. The fraction of sp³-hybridized carbons (Fsp3) is 0.188. The normalized spacial score (nSPS) is 10.2. The third-order valence-electron chi connectivity index (χ3n) is 2.89. The van der Waals surface area contributed by atoms with Crippen molar-refractivity contribution in [3.8, 4) is 5.75 Å². The Hall–Kier alpha value is -1.52. The van der Waals surface area contributed by atoms with Crippen molar-refractivity contribution in [1.82, 2.24) is 5.32 Å². The van der Waals surface area contributed by atoms with Crippen molar-refractivity contribution in [3.63, 3.8) is 0 Å². The van der Waals surface area contributed by atoms with E-state index in [0.717, 1.165) is 15.8 Å². The second kappa shape index (κ2) is 7.48. The Bertz CT molecular complexity index is 629. The number of nitrogens with one attached hydrogen (secondary N) is 1. The second-order valence-electron chi connectivity index (χ2n) is 4.52. The first kappa shape index (κ1) is 15.9. The monoisotopic (exact) mass is 367 g/mol. The summed E-state index contributed by atoms with van der Waals surface area (Å²) in [5, 5.41) is 3.50. The molecule has 110 valence electrons. The van der Waals surface area contributed by atoms with Crippen molar-refractivity contribution in [1.29, 1.82) is 0 Å².